The maximum Gasteiger partial charge on any atom is 0.246 e. The van der Waals surface area contributed by atoms with Gasteiger partial charge in [-0.05, 0) is 27.2 Å². The Balaban J connectivity index is 2.19. The molecule has 1 fully saturated rings. The van der Waals surface area contributed by atoms with Crippen LogP contribution in [0.15, 0.2) is 17.3 Å². The number of ether oxygens (including phenoxy) is 1. The second-order valence-electron chi connectivity index (χ2n) is 5.97. The van der Waals surface area contributed by atoms with Crippen molar-refractivity contribution in [2.75, 3.05) is 19.0 Å². The summed E-state index contributed by atoms with van der Waals surface area (Å²) in [5.41, 5.74) is -0.487. The van der Waals surface area contributed by atoms with Gasteiger partial charge in [0.25, 0.3) is 0 Å². The van der Waals surface area contributed by atoms with Gasteiger partial charge in [-0.15, -0.1) is 11.6 Å². The Morgan fingerprint density at radius 2 is 2.24 bits per heavy atom. The molecule has 8 heteroatoms. The van der Waals surface area contributed by atoms with Gasteiger partial charge in [0, 0.05) is 31.7 Å². The summed E-state index contributed by atoms with van der Waals surface area (Å²) in [6.07, 6.45) is 3.59. The van der Waals surface area contributed by atoms with Gasteiger partial charge in [0.15, 0.2) is 0 Å². The highest BCUT2D eigenvalue weighted by Gasteiger charge is 2.38. The molecule has 1 saturated heterocycles. The minimum Gasteiger partial charge on any atom is -0.370 e. The molecule has 0 amide bonds. The fourth-order valence-electron chi connectivity index (χ4n) is 2.55. The van der Waals surface area contributed by atoms with Crippen molar-refractivity contribution in [2.24, 2.45) is 0 Å². The predicted octanol–water partition coefficient (Wildman–Crippen LogP) is 1.70. The zero-order valence-corrected chi connectivity index (χ0v) is 14.2. The summed E-state index contributed by atoms with van der Waals surface area (Å²) in [5.74, 6) is 0.525. The Labute approximate surface area is 131 Å². The number of alkyl halides is 1. The molecule has 2 rings (SSSR count). The van der Waals surface area contributed by atoms with E-state index in [1.165, 1.54) is 10.5 Å². The Morgan fingerprint density at radius 1 is 1.52 bits per heavy atom. The van der Waals surface area contributed by atoms with Crippen molar-refractivity contribution in [1.29, 1.82) is 0 Å². The first-order chi connectivity index (χ1) is 9.74. The van der Waals surface area contributed by atoms with Crippen molar-refractivity contribution in [2.45, 2.75) is 50.3 Å². The fourth-order valence-corrected chi connectivity index (χ4v) is 4.29. The van der Waals surface area contributed by atoms with Crippen LogP contribution >= 0.6 is 11.6 Å². The van der Waals surface area contributed by atoms with E-state index in [0.717, 1.165) is 6.42 Å². The molecule has 21 heavy (non-hydrogen) atoms. The van der Waals surface area contributed by atoms with Gasteiger partial charge < -0.3 is 4.74 Å². The second kappa shape index (κ2) is 6.24. The molecular weight excluding hydrogens is 314 g/mol. The van der Waals surface area contributed by atoms with Crippen molar-refractivity contribution in [3.05, 3.63) is 12.4 Å². The summed E-state index contributed by atoms with van der Waals surface area (Å²) in [5, 5.41) is 4.09. The van der Waals surface area contributed by atoms with Crippen LogP contribution in [-0.2, 0) is 21.3 Å². The first kappa shape index (κ1) is 16.7. The van der Waals surface area contributed by atoms with Gasteiger partial charge >= 0.3 is 0 Å². The Morgan fingerprint density at radius 3 is 2.86 bits per heavy atom. The number of morpholine rings is 1. The SMILES string of the molecule is CC1CN(S(=O)(=O)c2cnn(CCCCl)c2)CC(C)(C)O1. The molecule has 1 aromatic rings. The summed E-state index contributed by atoms with van der Waals surface area (Å²) in [6, 6.07) is 0. The molecule has 0 aromatic carbocycles. The molecule has 120 valence electrons. The minimum atomic E-state index is -3.53. The molecule has 0 spiro atoms. The number of aromatic nitrogens is 2. The minimum absolute atomic E-state index is 0.130. The third kappa shape index (κ3) is 3.97. The quantitative estimate of drug-likeness (QED) is 0.768. The first-order valence-corrected chi connectivity index (χ1v) is 8.98. The van der Waals surface area contributed by atoms with Crippen molar-refractivity contribution in [3.63, 3.8) is 0 Å². The van der Waals surface area contributed by atoms with Crippen LogP contribution < -0.4 is 0 Å². The van der Waals surface area contributed by atoms with Gasteiger partial charge in [0.2, 0.25) is 10.0 Å². The summed E-state index contributed by atoms with van der Waals surface area (Å²) < 4.78 is 34.2. The standard InChI is InChI=1S/C13H22ClN3O3S/c1-11-8-17(10-13(2,3)20-11)21(18,19)12-7-15-16(9-12)6-4-5-14/h7,9,11H,4-6,8,10H2,1-3H3. The summed E-state index contributed by atoms with van der Waals surface area (Å²) in [7, 11) is -3.53. The molecule has 0 bridgehead atoms. The van der Waals surface area contributed by atoms with Crippen LogP contribution in [0.1, 0.15) is 27.2 Å². The van der Waals surface area contributed by atoms with E-state index in [1.54, 1.807) is 10.9 Å². The van der Waals surface area contributed by atoms with Gasteiger partial charge in [-0.3, -0.25) is 4.68 Å². The highest BCUT2D eigenvalue weighted by Crippen LogP contribution is 2.26. The second-order valence-corrected chi connectivity index (χ2v) is 8.28. The predicted molar refractivity (Wildman–Crippen MR) is 80.9 cm³/mol. The molecule has 1 aliphatic rings. The molecule has 0 saturated carbocycles. The third-order valence-electron chi connectivity index (χ3n) is 3.31. The van der Waals surface area contributed by atoms with E-state index < -0.39 is 15.6 Å². The molecule has 6 nitrogen and oxygen atoms in total. The van der Waals surface area contributed by atoms with E-state index in [9.17, 15) is 8.42 Å². The van der Waals surface area contributed by atoms with E-state index in [0.29, 0.717) is 25.5 Å². The largest absolute Gasteiger partial charge is 0.370 e. The van der Waals surface area contributed by atoms with Crippen LogP contribution in [0, 0.1) is 0 Å². The van der Waals surface area contributed by atoms with E-state index >= 15 is 0 Å². The number of rotatable bonds is 5. The normalized spacial score (nSPS) is 23.3. The lowest BCUT2D eigenvalue weighted by Crippen LogP contribution is -2.53. The summed E-state index contributed by atoms with van der Waals surface area (Å²) in [4.78, 5) is 0.224. The van der Waals surface area contributed by atoms with Crippen molar-refractivity contribution in [1.82, 2.24) is 14.1 Å². The maximum atomic E-state index is 12.7. The molecular formula is C13H22ClN3O3S. The van der Waals surface area contributed by atoms with Gasteiger partial charge in [-0.25, -0.2) is 8.42 Å². The number of aryl methyl sites for hydroxylation is 1. The van der Waals surface area contributed by atoms with E-state index in [1.807, 2.05) is 20.8 Å². The lowest BCUT2D eigenvalue weighted by Gasteiger charge is -2.40. The van der Waals surface area contributed by atoms with Gasteiger partial charge in [-0.1, -0.05) is 0 Å². The van der Waals surface area contributed by atoms with Gasteiger partial charge in [-0.2, -0.15) is 9.40 Å². The number of hydrogen-bond donors (Lipinski definition) is 0. The lowest BCUT2D eigenvalue weighted by atomic mass is 10.1. The number of sulfonamides is 1. The fraction of sp³-hybridized carbons (Fsp3) is 0.769. The Kier molecular flexibility index (Phi) is 4.97. The van der Waals surface area contributed by atoms with Crippen molar-refractivity contribution in [3.8, 4) is 0 Å². The lowest BCUT2D eigenvalue weighted by molar-refractivity contribution is -0.109. The Hall–Kier alpha value is -0.630. The summed E-state index contributed by atoms with van der Waals surface area (Å²) in [6.45, 7) is 6.99. The van der Waals surface area contributed by atoms with Crippen LogP contribution in [0.5, 0.6) is 0 Å². The molecule has 0 aliphatic carbocycles. The highest BCUT2D eigenvalue weighted by atomic mass is 35.5. The molecule has 1 aliphatic heterocycles. The monoisotopic (exact) mass is 335 g/mol. The van der Waals surface area contributed by atoms with Crippen molar-refractivity contribution < 1.29 is 13.2 Å². The average Bonchev–Trinajstić information content (AvgIpc) is 2.83. The molecule has 1 atom stereocenters. The number of halogens is 1. The Bertz CT molecular complexity index is 585. The maximum absolute atomic E-state index is 12.7. The topological polar surface area (TPSA) is 64.4 Å². The molecule has 2 heterocycles. The molecule has 0 N–H and O–H groups in total. The highest BCUT2D eigenvalue weighted by molar-refractivity contribution is 7.89. The third-order valence-corrected chi connectivity index (χ3v) is 5.34. The van der Waals surface area contributed by atoms with E-state index in [-0.39, 0.29) is 11.0 Å². The number of hydrogen-bond acceptors (Lipinski definition) is 4. The van der Waals surface area contributed by atoms with Crippen LogP contribution in [-0.4, -0.2) is 53.2 Å². The van der Waals surface area contributed by atoms with Gasteiger partial charge in [0.05, 0.1) is 17.9 Å². The van der Waals surface area contributed by atoms with Gasteiger partial charge in [0.1, 0.15) is 4.90 Å². The van der Waals surface area contributed by atoms with E-state index in [2.05, 4.69) is 5.10 Å². The summed E-state index contributed by atoms with van der Waals surface area (Å²) >= 11 is 5.64. The number of nitrogens with zero attached hydrogens (tertiary/aromatic N) is 3. The molecule has 1 aromatic heterocycles. The van der Waals surface area contributed by atoms with Crippen LogP contribution in [0.25, 0.3) is 0 Å². The van der Waals surface area contributed by atoms with Crippen LogP contribution in [0.4, 0.5) is 0 Å². The zero-order chi connectivity index (χ0) is 15.7. The van der Waals surface area contributed by atoms with Crippen molar-refractivity contribution >= 4 is 21.6 Å². The van der Waals surface area contributed by atoms with Crippen LogP contribution in [0.3, 0.4) is 0 Å². The average molecular weight is 336 g/mol. The smallest absolute Gasteiger partial charge is 0.246 e. The van der Waals surface area contributed by atoms with Crippen LogP contribution in [0.2, 0.25) is 0 Å². The zero-order valence-electron chi connectivity index (χ0n) is 12.6. The first-order valence-electron chi connectivity index (χ1n) is 7.01. The molecule has 0 radical (unpaired) electrons. The molecule has 1 unspecified atom stereocenters. The van der Waals surface area contributed by atoms with E-state index in [4.69, 9.17) is 16.3 Å².